The Morgan fingerprint density at radius 1 is 1.54 bits per heavy atom. The molecule has 76 valence electrons. The second kappa shape index (κ2) is 7.99. The number of rotatable bonds is 2. The van der Waals surface area contributed by atoms with Crippen molar-refractivity contribution in [3.05, 3.63) is 12.2 Å². The molecule has 0 saturated carbocycles. The van der Waals surface area contributed by atoms with Crippen LogP contribution in [0.5, 0.6) is 0 Å². The fraction of sp³-hybridized carbons (Fsp3) is 0.727. The maximum absolute atomic E-state index is 9.48. The summed E-state index contributed by atoms with van der Waals surface area (Å²) in [4.78, 5) is 11.9. The third-order valence-corrected chi connectivity index (χ3v) is 2.08. The van der Waals surface area contributed by atoms with Crippen LogP contribution in [0.3, 0.4) is 0 Å². The molecule has 0 aromatic rings. The van der Waals surface area contributed by atoms with Gasteiger partial charge in [0.05, 0.1) is 0 Å². The molecule has 0 aliphatic carbocycles. The third kappa shape index (κ3) is 7.72. The van der Waals surface area contributed by atoms with Crippen LogP contribution in [-0.4, -0.2) is 31.3 Å². The minimum Gasteiger partial charge on any atom is -0.306 e. The van der Waals surface area contributed by atoms with Crippen molar-refractivity contribution in [1.29, 1.82) is 0 Å². The van der Waals surface area contributed by atoms with Crippen molar-refractivity contribution in [1.82, 2.24) is 4.90 Å². The smallest absolute Gasteiger partial charge is 0.142 e. The summed E-state index contributed by atoms with van der Waals surface area (Å²) in [5.74, 6) is 0.949. The first kappa shape index (κ1) is 12.4. The Hall–Kier alpha value is -0.630. The fourth-order valence-corrected chi connectivity index (χ4v) is 1.35. The van der Waals surface area contributed by atoms with Gasteiger partial charge in [-0.1, -0.05) is 19.9 Å². The van der Waals surface area contributed by atoms with Crippen LogP contribution in [0.15, 0.2) is 12.2 Å². The number of nitrogens with zero attached hydrogens (tertiary/aromatic N) is 1. The highest BCUT2D eigenvalue weighted by atomic mass is 16.1. The molecule has 0 bridgehead atoms. The summed E-state index contributed by atoms with van der Waals surface area (Å²) < 4.78 is 0. The first-order valence-electron chi connectivity index (χ1n) is 4.99. The van der Waals surface area contributed by atoms with E-state index in [1.54, 1.807) is 0 Å². The quantitative estimate of drug-likeness (QED) is 0.483. The van der Waals surface area contributed by atoms with Gasteiger partial charge in [-0.2, -0.15) is 0 Å². The van der Waals surface area contributed by atoms with Crippen LogP contribution < -0.4 is 0 Å². The monoisotopic (exact) mass is 183 g/mol. The molecule has 2 nitrogen and oxygen atoms in total. The van der Waals surface area contributed by atoms with Gasteiger partial charge in [-0.05, 0) is 38.4 Å². The maximum Gasteiger partial charge on any atom is 0.142 e. The van der Waals surface area contributed by atoms with E-state index in [-0.39, 0.29) is 0 Å². The minimum absolute atomic E-state index is 0.781. The molecule has 2 heteroatoms. The Morgan fingerprint density at radius 2 is 2.23 bits per heavy atom. The molecule has 1 unspecified atom stereocenters. The van der Waals surface area contributed by atoms with Gasteiger partial charge in [-0.15, -0.1) is 0 Å². The second-order valence-corrected chi connectivity index (χ2v) is 3.63. The lowest BCUT2D eigenvalue weighted by Crippen LogP contribution is -2.12. The zero-order valence-corrected chi connectivity index (χ0v) is 8.99. The Labute approximate surface area is 81.6 Å². The van der Waals surface area contributed by atoms with Crippen LogP contribution >= 0.6 is 0 Å². The number of aldehydes is 1. The molecule has 0 aromatic carbocycles. The predicted molar refractivity (Wildman–Crippen MR) is 56.8 cm³/mol. The third-order valence-electron chi connectivity index (χ3n) is 2.08. The highest BCUT2D eigenvalue weighted by Gasteiger charge is 2.13. The molecular weight excluding hydrogens is 162 g/mol. The topological polar surface area (TPSA) is 20.3 Å². The van der Waals surface area contributed by atoms with Gasteiger partial charge in [0.1, 0.15) is 6.29 Å². The number of hydrogen-bond acceptors (Lipinski definition) is 2. The lowest BCUT2D eigenvalue weighted by Gasteiger charge is -2.03. The van der Waals surface area contributed by atoms with Gasteiger partial charge in [-0.25, -0.2) is 0 Å². The Morgan fingerprint density at radius 3 is 2.38 bits per heavy atom. The molecule has 0 N–H and O–H groups in total. The minimum atomic E-state index is 0.781. The summed E-state index contributed by atoms with van der Waals surface area (Å²) in [6.45, 7) is 6.91. The van der Waals surface area contributed by atoms with Gasteiger partial charge in [0.25, 0.3) is 0 Å². The van der Waals surface area contributed by atoms with Gasteiger partial charge in [-0.3, -0.25) is 4.79 Å². The lowest BCUT2D eigenvalue weighted by molar-refractivity contribution is -0.104. The molecule has 1 aliphatic heterocycles. The van der Waals surface area contributed by atoms with Gasteiger partial charge in [0, 0.05) is 6.54 Å². The number of allylic oxidation sites excluding steroid dienone is 2. The maximum atomic E-state index is 9.48. The van der Waals surface area contributed by atoms with Gasteiger partial charge in [0.15, 0.2) is 0 Å². The van der Waals surface area contributed by atoms with Crippen molar-refractivity contribution < 1.29 is 4.79 Å². The number of carbonyl (C=O) groups excluding carboxylic acids is 1. The molecule has 1 aliphatic rings. The van der Waals surface area contributed by atoms with E-state index < -0.39 is 0 Å². The van der Waals surface area contributed by atoms with E-state index in [1.165, 1.54) is 25.6 Å². The number of likely N-dealkylation sites (tertiary alicyclic amines) is 1. The summed E-state index contributed by atoms with van der Waals surface area (Å²) in [5.41, 5.74) is 0. The van der Waals surface area contributed by atoms with Crippen LogP contribution in [0, 0.1) is 5.92 Å². The van der Waals surface area contributed by atoms with E-state index in [9.17, 15) is 4.79 Å². The Kier molecular flexibility index (Phi) is 7.60. The molecule has 1 heterocycles. The molecule has 1 saturated heterocycles. The summed E-state index contributed by atoms with van der Waals surface area (Å²) in [7, 11) is 2.18. The number of hydrogen-bond donors (Lipinski definition) is 0. The molecule has 13 heavy (non-hydrogen) atoms. The van der Waals surface area contributed by atoms with Crippen molar-refractivity contribution in [2.75, 3.05) is 20.1 Å². The second-order valence-electron chi connectivity index (χ2n) is 3.63. The number of carbonyl (C=O) groups is 1. The molecule has 1 fully saturated rings. The first-order valence-corrected chi connectivity index (χ1v) is 4.99. The van der Waals surface area contributed by atoms with Gasteiger partial charge >= 0.3 is 0 Å². The SMILES string of the molecule is CC/C=C/C=O.CC1CCN(C)C1. The van der Waals surface area contributed by atoms with Crippen molar-refractivity contribution in [3.8, 4) is 0 Å². The van der Waals surface area contributed by atoms with Gasteiger partial charge < -0.3 is 4.90 Å². The summed E-state index contributed by atoms with van der Waals surface area (Å²) in [6.07, 6.45) is 6.44. The Bertz CT molecular complexity index is 146. The summed E-state index contributed by atoms with van der Waals surface area (Å²) >= 11 is 0. The van der Waals surface area contributed by atoms with Crippen molar-refractivity contribution in [2.45, 2.75) is 26.7 Å². The molecular formula is C11H21NO. The van der Waals surface area contributed by atoms with Gasteiger partial charge in [0.2, 0.25) is 0 Å². The van der Waals surface area contributed by atoms with Crippen LogP contribution in [0.4, 0.5) is 0 Å². The zero-order valence-electron chi connectivity index (χ0n) is 8.99. The van der Waals surface area contributed by atoms with E-state index >= 15 is 0 Å². The molecule has 0 amide bonds. The average molecular weight is 183 g/mol. The predicted octanol–water partition coefficient (Wildman–Crippen LogP) is 2.11. The van der Waals surface area contributed by atoms with E-state index in [2.05, 4.69) is 18.9 Å². The van der Waals surface area contributed by atoms with E-state index in [0.717, 1.165) is 18.6 Å². The molecule has 0 radical (unpaired) electrons. The Balaban J connectivity index is 0.000000226. The first-order chi connectivity index (χ1) is 6.20. The summed E-state index contributed by atoms with van der Waals surface area (Å²) in [5, 5.41) is 0. The van der Waals surface area contributed by atoms with E-state index in [1.807, 2.05) is 13.0 Å². The summed E-state index contributed by atoms with van der Waals surface area (Å²) in [6, 6.07) is 0. The van der Waals surface area contributed by atoms with Crippen LogP contribution in [0.1, 0.15) is 26.7 Å². The standard InChI is InChI=1S/C6H13N.C5H8O/c1-6-3-4-7(2)5-6;1-2-3-4-5-6/h6H,3-5H2,1-2H3;3-5H,2H2,1H3/b;4-3+. The molecule has 1 rings (SSSR count). The average Bonchev–Trinajstić information content (AvgIpc) is 2.47. The highest BCUT2D eigenvalue weighted by Crippen LogP contribution is 2.11. The van der Waals surface area contributed by atoms with Crippen molar-refractivity contribution >= 4 is 6.29 Å². The normalized spacial score (nSPS) is 22.8. The van der Waals surface area contributed by atoms with Crippen molar-refractivity contribution in [3.63, 3.8) is 0 Å². The lowest BCUT2D eigenvalue weighted by atomic mass is 10.2. The van der Waals surface area contributed by atoms with Crippen LogP contribution in [0.25, 0.3) is 0 Å². The fourth-order valence-electron chi connectivity index (χ4n) is 1.35. The van der Waals surface area contributed by atoms with E-state index in [0.29, 0.717) is 0 Å². The molecule has 1 atom stereocenters. The highest BCUT2D eigenvalue weighted by molar-refractivity contribution is 5.64. The largest absolute Gasteiger partial charge is 0.306 e. The van der Waals surface area contributed by atoms with Crippen LogP contribution in [0.2, 0.25) is 0 Å². The van der Waals surface area contributed by atoms with Crippen LogP contribution in [-0.2, 0) is 4.79 Å². The van der Waals surface area contributed by atoms with E-state index in [4.69, 9.17) is 0 Å². The zero-order chi connectivity index (χ0) is 10.1. The molecule has 0 spiro atoms. The van der Waals surface area contributed by atoms with Crippen molar-refractivity contribution in [2.24, 2.45) is 5.92 Å². The molecule has 0 aromatic heterocycles.